The Morgan fingerprint density at radius 3 is 2.75 bits per heavy atom. The summed E-state index contributed by atoms with van der Waals surface area (Å²) in [4.78, 5) is 0. The number of rotatable bonds is 6. The fraction of sp³-hybridized carbons (Fsp3) is 1.00. The molecule has 2 saturated carbocycles. The minimum atomic E-state index is 0.0844. The van der Waals surface area contributed by atoms with Crippen LogP contribution >= 0.6 is 0 Å². The van der Waals surface area contributed by atoms with Crippen LogP contribution in [0.1, 0.15) is 64.7 Å². The molecule has 0 bridgehead atoms. The van der Waals surface area contributed by atoms with E-state index in [0.29, 0.717) is 6.10 Å². The molecule has 3 heteroatoms. The van der Waals surface area contributed by atoms with Crippen LogP contribution in [-0.2, 0) is 9.47 Å². The third kappa shape index (κ3) is 4.19. The van der Waals surface area contributed by atoms with Gasteiger partial charge in [0.1, 0.15) is 0 Å². The summed E-state index contributed by atoms with van der Waals surface area (Å²) < 4.78 is 12.3. The van der Waals surface area contributed by atoms with Crippen molar-refractivity contribution in [1.29, 1.82) is 0 Å². The van der Waals surface area contributed by atoms with E-state index in [1.54, 1.807) is 0 Å². The van der Waals surface area contributed by atoms with Crippen LogP contribution in [0.5, 0.6) is 0 Å². The largest absolute Gasteiger partial charge is 0.376 e. The lowest BCUT2D eigenvalue weighted by atomic mass is 9.78. The number of ether oxygens (including phenoxy) is 2. The van der Waals surface area contributed by atoms with E-state index in [0.717, 1.165) is 31.7 Å². The van der Waals surface area contributed by atoms with E-state index >= 15 is 0 Å². The molecule has 3 fully saturated rings. The first kappa shape index (κ1) is 14.8. The zero-order valence-corrected chi connectivity index (χ0v) is 13.0. The van der Waals surface area contributed by atoms with Gasteiger partial charge >= 0.3 is 0 Å². The Labute approximate surface area is 123 Å². The summed E-state index contributed by atoms with van der Waals surface area (Å²) in [7, 11) is 0. The normalized spacial score (nSPS) is 38.9. The molecule has 0 aromatic carbocycles. The maximum atomic E-state index is 6.47. The predicted molar refractivity (Wildman–Crippen MR) is 80.9 cm³/mol. The fourth-order valence-corrected chi connectivity index (χ4v) is 3.78. The molecule has 3 rings (SSSR count). The van der Waals surface area contributed by atoms with Gasteiger partial charge in [-0.3, -0.25) is 0 Å². The second-order valence-electron chi connectivity index (χ2n) is 7.34. The van der Waals surface area contributed by atoms with Crippen molar-refractivity contribution in [2.24, 2.45) is 5.92 Å². The van der Waals surface area contributed by atoms with Gasteiger partial charge in [0, 0.05) is 19.2 Å². The third-order valence-corrected chi connectivity index (χ3v) is 5.19. The van der Waals surface area contributed by atoms with Crippen molar-refractivity contribution in [3.8, 4) is 0 Å². The van der Waals surface area contributed by atoms with Crippen LogP contribution in [0.3, 0.4) is 0 Å². The van der Waals surface area contributed by atoms with E-state index in [2.05, 4.69) is 12.2 Å². The monoisotopic (exact) mass is 281 g/mol. The van der Waals surface area contributed by atoms with Gasteiger partial charge in [0.05, 0.1) is 18.3 Å². The summed E-state index contributed by atoms with van der Waals surface area (Å²) in [5, 5.41) is 3.71. The molecule has 1 heterocycles. The molecule has 1 N–H and O–H groups in total. The molecule has 116 valence electrons. The highest BCUT2D eigenvalue weighted by Gasteiger charge is 2.38. The Morgan fingerprint density at radius 1 is 1.15 bits per heavy atom. The van der Waals surface area contributed by atoms with Crippen molar-refractivity contribution in [2.75, 3.05) is 19.8 Å². The molecule has 3 nitrogen and oxygen atoms in total. The van der Waals surface area contributed by atoms with Crippen molar-refractivity contribution < 1.29 is 9.47 Å². The van der Waals surface area contributed by atoms with Gasteiger partial charge in [-0.15, -0.1) is 0 Å². The SMILES string of the molecule is CC1CCCC(CNC2CC2)(OCC2CCCCO2)C1. The van der Waals surface area contributed by atoms with Crippen molar-refractivity contribution >= 4 is 0 Å². The van der Waals surface area contributed by atoms with Gasteiger partial charge in [-0.1, -0.05) is 19.8 Å². The number of nitrogens with one attached hydrogen (secondary N) is 1. The van der Waals surface area contributed by atoms with E-state index in [1.165, 1.54) is 57.8 Å². The first-order valence-corrected chi connectivity index (χ1v) is 8.75. The van der Waals surface area contributed by atoms with E-state index < -0.39 is 0 Å². The molecule has 3 unspecified atom stereocenters. The van der Waals surface area contributed by atoms with Crippen LogP contribution < -0.4 is 5.32 Å². The Kier molecular flexibility index (Phi) is 5.00. The maximum Gasteiger partial charge on any atom is 0.0810 e. The third-order valence-electron chi connectivity index (χ3n) is 5.19. The minimum Gasteiger partial charge on any atom is -0.376 e. The van der Waals surface area contributed by atoms with Crippen LogP contribution in [0.2, 0.25) is 0 Å². The Hall–Kier alpha value is -0.120. The first-order valence-electron chi connectivity index (χ1n) is 8.75. The smallest absolute Gasteiger partial charge is 0.0810 e. The molecular weight excluding hydrogens is 250 g/mol. The van der Waals surface area contributed by atoms with Gasteiger partial charge < -0.3 is 14.8 Å². The maximum absolute atomic E-state index is 6.47. The van der Waals surface area contributed by atoms with Gasteiger partial charge in [0.15, 0.2) is 0 Å². The lowest BCUT2D eigenvalue weighted by Gasteiger charge is -2.41. The Bertz CT molecular complexity index is 299. The molecule has 0 aromatic rings. The second-order valence-corrected chi connectivity index (χ2v) is 7.34. The Balaban J connectivity index is 1.52. The summed E-state index contributed by atoms with van der Waals surface area (Å²) in [6.07, 6.45) is 11.9. The van der Waals surface area contributed by atoms with Gasteiger partial charge in [0.25, 0.3) is 0 Å². The summed E-state index contributed by atoms with van der Waals surface area (Å²) in [6, 6.07) is 0.777. The number of hydrogen-bond acceptors (Lipinski definition) is 3. The molecule has 0 spiro atoms. The van der Waals surface area contributed by atoms with Crippen molar-refractivity contribution in [3.05, 3.63) is 0 Å². The molecule has 3 atom stereocenters. The fourth-order valence-electron chi connectivity index (χ4n) is 3.78. The highest BCUT2D eigenvalue weighted by Crippen LogP contribution is 2.36. The summed E-state index contributed by atoms with van der Waals surface area (Å²) in [5.74, 6) is 0.803. The minimum absolute atomic E-state index is 0.0844. The average molecular weight is 281 g/mol. The van der Waals surface area contributed by atoms with Gasteiger partial charge in [-0.25, -0.2) is 0 Å². The highest BCUT2D eigenvalue weighted by atomic mass is 16.5. The average Bonchev–Trinajstić information content (AvgIpc) is 3.29. The highest BCUT2D eigenvalue weighted by molar-refractivity contribution is 4.93. The zero-order valence-electron chi connectivity index (χ0n) is 13.0. The quantitative estimate of drug-likeness (QED) is 0.810. The molecule has 20 heavy (non-hydrogen) atoms. The van der Waals surface area contributed by atoms with Gasteiger partial charge in [-0.2, -0.15) is 0 Å². The van der Waals surface area contributed by atoms with E-state index in [-0.39, 0.29) is 5.60 Å². The standard InChI is InChI=1S/C17H31NO2/c1-14-5-4-9-17(11-14,13-18-15-7-8-15)20-12-16-6-2-3-10-19-16/h14-16,18H,2-13H2,1H3. The van der Waals surface area contributed by atoms with E-state index in [1.807, 2.05) is 0 Å². The van der Waals surface area contributed by atoms with E-state index in [4.69, 9.17) is 9.47 Å². The number of hydrogen-bond donors (Lipinski definition) is 1. The van der Waals surface area contributed by atoms with Crippen molar-refractivity contribution in [3.63, 3.8) is 0 Å². The first-order chi connectivity index (χ1) is 9.76. The topological polar surface area (TPSA) is 30.5 Å². The zero-order chi connectivity index (χ0) is 13.8. The molecular formula is C17H31NO2. The van der Waals surface area contributed by atoms with Crippen molar-refractivity contribution in [2.45, 2.75) is 82.5 Å². The Morgan fingerprint density at radius 2 is 2.05 bits per heavy atom. The van der Waals surface area contributed by atoms with Crippen LogP contribution in [-0.4, -0.2) is 37.5 Å². The van der Waals surface area contributed by atoms with Crippen LogP contribution in [0, 0.1) is 5.92 Å². The molecule has 3 aliphatic rings. The molecule has 1 aliphatic heterocycles. The second kappa shape index (κ2) is 6.76. The van der Waals surface area contributed by atoms with Crippen LogP contribution in [0.15, 0.2) is 0 Å². The molecule has 2 aliphatic carbocycles. The summed E-state index contributed by atoms with van der Waals surface area (Å²) in [6.45, 7) is 5.16. The summed E-state index contributed by atoms with van der Waals surface area (Å²) in [5.41, 5.74) is 0.0844. The molecule has 0 radical (unpaired) electrons. The van der Waals surface area contributed by atoms with Crippen LogP contribution in [0.4, 0.5) is 0 Å². The van der Waals surface area contributed by atoms with Gasteiger partial charge in [0.2, 0.25) is 0 Å². The molecule has 0 amide bonds. The lowest BCUT2D eigenvalue weighted by Crippen LogP contribution is -2.48. The van der Waals surface area contributed by atoms with E-state index in [9.17, 15) is 0 Å². The predicted octanol–water partition coefficient (Wildman–Crippen LogP) is 3.27. The summed E-state index contributed by atoms with van der Waals surface area (Å²) >= 11 is 0. The molecule has 0 aromatic heterocycles. The van der Waals surface area contributed by atoms with Crippen molar-refractivity contribution in [1.82, 2.24) is 5.32 Å². The lowest BCUT2D eigenvalue weighted by molar-refractivity contribution is -0.125. The van der Waals surface area contributed by atoms with Gasteiger partial charge in [-0.05, 0) is 50.9 Å². The van der Waals surface area contributed by atoms with Crippen LogP contribution in [0.25, 0.3) is 0 Å². The molecule has 1 saturated heterocycles.